The van der Waals surface area contributed by atoms with Gasteiger partial charge in [0.05, 0.1) is 12.1 Å². The molecule has 3 aromatic carbocycles. The maximum Gasteiger partial charge on any atom is 0.0830 e. The van der Waals surface area contributed by atoms with Gasteiger partial charge in [-0.2, -0.15) is 0 Å². The van der Waals surface area contributed by atoms with Crippen LogP contribution in [0, 0.1) is 0 Å². The minimum absolute atomic E-state index is 0.224. The Morgan fingerprint density at radius 1 is 0.923 bits per heavy atom. The highest BCUT2D eigenvalue weighted by molar-refractivity contribution is 5.82. The Morgan fingerprint density at radius 3 is 2.42 bits per heavy atom. The first kappa shape index (κ1) is 16.7. The van der Waals surface area contributed by atoms with E-state index in [1.165, 1.54) is 16.7 Å². The van der Waals surface area contributed by atoms with Crippen molar-refractivity contribution in [3.8, 4) is 0 Å². The van der Waals surface area contributed by atoms with Crippen molar-refractivity contribution in [2.75, 3.05) is 0 Å². The van der Waals surface area contributed by atoms with E-state index in [4.69, 9.17) is 4.99 Å². The molecule has 4 rings (SSSR count). The van der Waals surface area contributed by atoms with E-state index in [1.807, 2.05) is 42.6 Å². The quantitative estimate of drug-likeness (QED) is 0.706. The van der Waals surface area contributed by atoms with Gasteiger partial charge in [-0.05, 0) is 46.7 Å². The van der Waals surface area contributed by atoms with Crippen LogP contribution in [0.25, 0.3) is 0 Å². The molecule has 1 aliphatic rings. The largest absolute Gasteiger partial charge is 0.388 e. The molecule has 1 heterocycles. The molecule has 2 nitrogen and oxygen atoms in total. The van der Waals surface area contributed by atoms with Crippen molar-refractivity contribution in [2.45, 2.75) is 31.4 Å². The Labute approximate surface area is 154 Å². The molecule has 0 spiro atoms. The van der Waals surface area contributed by atoms with Crippen LogP contribution in [0.1, 0.15) is 46.4 Å². The Morgan fingerprint density at radius 2 is 1.65 bits per heavy atom. The van der Waals surface area contributed by atoms with E-state index in [0.717, 1.165) is 24.0 Å². The highest BCUT2D eigenvalue weighted by atomic mass is 16.3. The fourth-order valence-corrected chi connectivity index (χ4v) is 3.60. The predicted octanol–water partition coefficient (Wildman–Crippen LogP) is 5.07. The zero-order valence-electron chi connectivity index (χ0n) is 14.8. The first-order valence-electron chi connectivity index (χ1n) is 9.22. The number of aliphatic imine (C=N–C) groups is 1. The van der Waals surface area contributed by atoms with Crippen LogP contribution in [-0.4, -0.2) is 11.3 Å². The van der Waals surface area contributed by atoms with E-state index in [9.17, 15) is 5.11 Å². The highest BCUT2D eigenvalue weighted by Gasteiger charge is 2.15. The fourth-order valence-electron chi connectivity index (χ4n) is 3.60. The number of nitrogens with zero attached hydrogens (tertiary/aromatic N) is 1. The van der Waals surface area contributed by atoms with Crippen molar-refractivity contribution < 1.29 is 5.11 Å². The van der Waals surface area contributed by atoms with Gasteiger partial charge in [0.1, 0.15) is 0 Å². The maximum atomic E-state index is 10.5. The smallest absolute Gasteiger partial charge is 0.0830 e. The second-order valence-electron chi connectivity index (χ2n) is 6.91. The maximum absolute atomic E-state index is 10.5. The average molecular weight is 341 g/mol. The molecule has 0 bridgehead atoms. The van der Waals surface area contributed by atoms with Gasteiger partial charge in [0.2, 0.25) is 0 Å². The lowest BCUT2D eigenvalue weighted by molar-refractivity contribution is 0.178. The van der Waals surface area contributed by atoms with E-state index in [0.29, 0.717) is 6.42 Å². The molecule has 26 heavy (non-hydrogen) atoms. The summed E-state index contributed by atoms with van der Waals surface area (Å²) in [6, 6.07) is 27.1. The molecule has 3 aromatic rings. The van der Waals surface area contributed by atoms with Crippen molar-refractivity contribution in [2.24, 2.45) is 4.99 Å². The van der Waals surface area contributed by atoms with E-state index >= 15 is 0 Å². The molecule has 1 N–H and O–H groups in total. The fraction of sp³-hybridized carbons (Fsp3) is 0.208. The number of hydrogen-bond acceptors (Lipinski definition) is 2. The minimum atomic E-state index is -0.478. The van der Waals surface area contributed by atoms with Crippen molar-refractivity contribution in [3.05, 3.63) is 107 Å². The molecule has 1 aliphatic heterocycles. The molecule has 0 aromatic heterocycles. The molecule has 2 unspecified atom stereocenters. The van der Waals surface area contributed by atoms with E-state index in [1.54, 1.807) is 0 Å². The summed E-state index contributed by atoms with van der Waals surface area (Å²) in [6.07, 6.45) is 4.20. The number of aliphatic hydroxyl groups excluding tert-OH is 1. The Balaban J connectivity index is 1.53. The van der Waals surface area contributed by atoms with Gasteiger partial charge in [0, 0.05) is 12.6 Å². The molecule has 2 heteroatoms. The second-order valence-corrected chi connectivity index (χ2v) is 6.91. The van der Waals surface area contributed by atoms with Gasteiger partial charge in [-0.3, -0.25) is 4.99 Å². The summed E-state index contributed by atoms with van der Waals surface area (Å²) < 4.78 is 0. The molecule has 0 fully saturated rings. The van der Waals surface area contributed by atoms with Gasteiger partial charge in [0.25, 0.3) is 0 Å². The molecule has 0 saturated heterocycles. The van der Waals surface area contributed by atoms with E-state index < -0.39 is 6.10 Å². The first-order valence-corrected chi connectivity index (χ1v) is 9.22. The van der Waals surface area contributed by atoms with Gasteiger partial charge in [-0.1, -0.05) is 72.8 Å². The van der Waals surface area contributed by atoms with Crippen molar-refractivity contribution in [3.63, 3.8) is 0 Å². The van der Waals surface area contributed by atoms with E-state index in [2.05, 4.69) is 42.5 Å². The molecule has 130 valence electrons. The molecule has 0 saturated carbocycles. The van der Waals surface area contributed by atoms with Gasteiger partial charge >= 0.3 is 0 Å². The molecular weight excluding hydrogens is 318 g/mol. The van der Waals surface area contributed by atoms with Gasteiger partial charge in [-0.25, -0.2) is 0 Å². The summed E-state index contributed by atoms with van der Waals surface area (Å²) in [5, 5.41) is 10.5. The first-order chi connectivity index (χ1) is 12.8. The lowest BCUT2D eigenvalue weighted by Crippen LogP contribution is -2.03. The topological polar surface area (TPSA) is 32.6 Å². The van der Waals surface area contributed by atoms with E-state index in [-0.39, 0.29) is 6.04 Å². The summed E-state index contributed by atoms with van der Waals surface area (Å²) in [6.45, 7) is 0. The highest BCUT2D eigenvalue weighted by Crippen LogP contribution is 2.28. The van der Waals surface area contributed by atoms with Crippen molar-refractivity contribution in [1.82, 2.24) is 0 Å². The molecular formula is C24H23NO. The number of aryl methyl sites for hydroxylation is 1. The number of rotatable bonds is 4. The van der Waals surface area contributed by atoms with Crippen molar-refractivity contribution >= 4 is 6.21 Å². The number of hydrogen-bond donors (Lipinski definition) is 1. The SMILES string of the molecule is OC(Cc1ccc2c(c1)C=NC(c1ccccc1)CC2)c1ccccc1. The van der Waals surface area contributed by atoms with Crippen LogP contribution in [0.15, 0.2) is 83.9 Å². The average Bonchev–Trinajstić information content (AvgIpc) is 2.91. The zero-order chi connectivity index (χ0) is 17.8. The summed E-state index contributed by atoms with van der Waals surface area (Å²) in [4.78, 5) is 4.83. The molecule has 0 aliphatic carbocycles. The van der Waals surface area contributed by atoms with Crippen molar-refractivity contribution in [1.29, 1.82) is 0 Å². The van der Waals surface area contributed by atoms with Crippen LogP contribution in [-0.2, 0) is 12.8 Å². The summed E-state index contributed by atoms with van der Waals surface area (Å²) in [5.41, 5.74) is 5.90. The summed E-state index contributed by atoms with van der Waals surface area (Å²) in [5.74, 6) is 0. The monoisotopic (exact) mass is 341 g/mol. The lowest BCUT2D eigenvalue weighted by atomic mass is 9.95. The number of aliphatic hydroxyl groups is 1. The minimum Gasteiger partial charge on any atom is -0.388 e. The van der Waals surface area contributed by atoms with Crippen LogP contribution >= 0.6 is 0 Å². The standard InChI is InChI=1S/C24H23NO/c26-24(21-9-5-2-6-10-21)16-18-11-12-19-13-14-23(25-17-22(19)15-18)20-7-3-1-4-8-20/h1-12,15,17,23-24,26H,13-14,16H2. The third kappa shape index (κ3) is 3.76. The Hall–Kier alpha value is -2.71. The summed E-state index contributed by atoms with van der Waals surface area (Å²) in [7, 11) is 0. The molecule has 0 amide bonds. The number of benzene rings is 3. The van der Waals surface area contributed by atoms with Crippen LogP contribution in [0.4, 0.5) is 0 Å². The van der Waals surface area contributed by atoms with Crippen LogP contribution < -0.4 is 0 Å². The van der Waals surface area contributed by atoms with Crippen LogP contribution in [0.2, 0.25) is 0 Å². The second kappa shape index (κ2) is 7.67. The number of fused-ring (bicyclic) bond motifs is 1. The normalized spacial score (nSPS) is 17.3. The molecule has 2 atom stereocenters. The summed E-state index contributed by atoms with van der Waals surface area (Å²) >= 11 is 0. The third-order valence-corrected chi connectivity index (χ3v) is 5.09. The third-order valence-electron chi connectivity index (χ3n) is 5.09. The van der Waals surface area contributed by atoms with Gasteiger partial charge in [-0.15, -0.1) is 0 Å². The van der Waals surface area contributed by atoms with Gasteiger partial charge in [0.15, 0.2) is 0 Å². The predicted molar refractivity (Wildman–Crippen MR) is 107 cm³/mol. The van der Waals surface area contributed by atoms with Crippen LogP contribution in [0.5, 0.6) is 0 Å². The Kier molecular flexibility index (Phi) is 4.94. The van der Waals surface area contributed by atoms with Gasteiger partial charge < -0.3 is 5.11 Å². The molecule has 0 radical (unpaired) electrons. The van der Waals surface area contributed by atoms with Crippen LogP contribution in [0.3, 0.4) is 0 Å². The Bertz CT molecular complexity index is 887. The lowest BCUT2D eigenvalue weighted by Gasteiger charge is -2.13. The zero-order valence-corrected chi connectivity index (χ0v) is 14.8.